The molecular formula is C20H18F3N3O2S. The second-order valence-electron chi connectivity index (χ2n) is 6.97. The van der Waals surface area contributed by atoms with Crippen molar-refractivity contribution in [1.82, 2.24) is 14.1 Å². The Balaban J connectivity index is 1.81. The van der Waals surface area contributed by atoms with Gasteiger partial charge >= 0.3 is 6.18 Å². The largest absolute Gasteiger partial charge is 0.436 e. The first-order chi connectivity index (χ1) is 13.7. The topological polar surface area (TPSA) is 55.2 Å². The zero-order chi connectivity index (χ0) is 20.8. The van der Waals surface area contributed by atoms with Crippen LogP contribution in [0.1, 0.15) is 28.3 Å². The summed E-state index contributed by atoms with van der Waals surface area (Å²) in [5, 5.41) is 3.35. The highest BCUT2D eigenvalue weighted by Crippen LogP contribution is 2.38. The zero-order valence-electron chi connectivity index (χ0n) is 15.5. The molecule has 0 bridgehead atoms. The van der Waals surface area contributed by atoms with E-state index >= 15 is 0 Å². The molecule has 5 nitrogen and oxygen atoms in total. The number of aromatic nitrogens is 2. The Morgan fingerprint density at radius 1 is 1.03 bits per heavy atom. The van der Waals surface area contributed by atoms with Crippen LogP contribution in [0.15, 0.2) is 65.7 Å². The fourth-order valence-corrected chi connectivity index (χ4v) is 5.34. The average molecular weight is 421 g/mol. The number of aryl methyl sites for hydroxylation is 1. The van der Waals surface area contributed by atoms with Gasteiger partial charge in [0.05, 0.1) is 0 Å². The molecule has 4 rings (SSSR count). The second kappa shape index (κ2) is 7.00. The van der Waals surface area contributed by atoms with E-state index in [-0.39, 0.29) is 19.0 Å². The lowest BCUT2D eigenvalue weighted by atomic mass is 9.86. The van der Waals surface area contributed by atoms with Crippen LogP contribution in [0, 0.1) is 0 Å². The van der Waals surface area contributed by atoms with E-state index in [0.29, 0.717) is 0 Å². The summed E-state index contributed by atoms with van der Waals surface area (Å²) < 4.78 is 68.6. The van der Waals surface area contributed by atoms with E-state index in [1.807, 2.05) is 42.5 Å². The molecule has 0 fully saturated rings. The Morgan fingerprint density at radius 2 is 1.69 bits per heavy atom. The minimum Gasteiger partial charge on any atom is -0.274 e. The molecule has 0 radical (unpaired) electrons. The maximum absolute atomic E-state index is 13.4. The van der Waals surface area contributed by atoms with Crippen molar-refractivity contribution in [1.29, 1.82) is 0 Å². The first kappa shape index (κ1) is 19.7. The Kier molecular flexibility index (Phi) is 4.74. The van der Waals surface area contributed by atoms with Gasteiger partial charge in [-0.2, -0.15) is 22.6 Å². The molecule has 152 valence electrons. The van der Waals surface area contributed by atoms with Crippen molar-refractivity contribution < 1.29 is 21.6 Å². The third-order valence-corrected chi connectivity index (χ3v) is 6.86. The molecule has 1 unspecified atom stereocenters. The molecule has 1 aliphatic heterocycles. The summed E-state index contributed by atoms with van der Waals surface area (Å²) in [5.74, 6) is -0.276. The number of hydrogen-bond acceptors (Lipinski definition) is 3. The van der Waals surface area contributed by atoms with Crippen LogP contribution in [0.2, 0.25) is 0 Å². The lowest BCUT2D eigenvalue weighted by Gasteiger charge is -2.34. The van der Waals surface area contributed by atoms with Gasteiger partial charge in [-0.15, -0.1) is 0 Å². The summed E-state index contributed by atoms with van der Waals surface area (Å²) >= 11 is 0. The van der Waals surface area contributed by atoms with Gasteiger partial charge in [0.25, 0.3) is 0 Å². The van der Waals surface area contributed by atoms with Crippen LogP contribution < -0.4 is 0 Å². The number of sulfonamides is 1. The number of nitrogens with zero attached hydrogens (tertiary/aromatic N) is 3. The van der Waals surface area contributed by atoms with Crippen LogP contribution in [-0.4, -0.2) is 29.0 Å². The van der Waals surface area contributed by atoms with Crippen molar-refractivity contribution in [3.8, 4) is 0 Å². The molecule has 0 N–H and O–H groups in total. The Hall–Kier alpha value is -2.65. The van der Waals surface area contributed by atoms with Crippen LogP contribution in [-0.2, 0) is 29.8 Å². The molecule has 2 aromatic carbocycles. The van der Waals surface area contributed by atoms with Crippen LogP contribution >= 0.6 is 0 Å². The van der Waals surface area contributed by atoms with E-state index in [0.717, 1.165) is 31.9 Å². The maximum Gasteiger partial charge on any atom is 0.436 e. The fraction of sp³-hybridized carbons (Fsp3) is 0.250. The van der Waals surface area contributed by atoms with Crippen LogP contribution in [0.4, 0.5) is 13.2 Å². The molecule has 2 heterocycles. The minimum absolute atomic E-state index is 0.00797. The summed E-state index contributed by atoms with van der Waals surface area (Å²) in [6, 6.07) is 16.8. The van der Waals surface area contributed by atoms with Gasteiger partial charge in [-0.25, -0.2) is 8.42 Å². The predicted octanol–water partition coefficient (Wildman–Crippen LogP) is 3.78. The number of benzene rings is 2. The van der Waals surface area contributed by atoms with Gasteiger partial charge in [0.15, 0.2) is 5.69 Å². The van der Waals surface area contributed by atoms with Gasteiger partial charge in [0.2, 0.25) is 10.0 Å². The standard InChI is InChI=1S/C20H18F3N3O2S/c1-25-13-18(19(24-25)20(21,22)23)29(27,28)26-11-15-9-5-6-10-16(15)17(12-26)14-7-3-2-4-8-14/h2-10,13,17H,11-12H2,1H3. The van der Waals surface area contributed by atoms with E-state index in [1.54, 1.807) is 12.1 Å². The fourth-order valence-electron chi connectivity index (χ4n) is 3.72. The van der Waals surface area contributed by atoms with E-state index in [4.69, 9.17) is 0 Å². The molecule has 0 spiro atoms. The van der Waals surface area contributed by atoms with E-state index < -0.39 is 26.8 Å². The van der Waals surface area contributed by atoms with E-state index in [2.05, 4.69) is 5.10 Å². The van der Waals surface area contributed by atoms with Crippen LogP contribution in [0.5, 0.6) is 0 Å². The van der Waals surface area contributed by atoms with Crippen molar-refractivity contribution in [2.45, 2.75) is 23.5 Å². The number of alkyl halides is 3. The van der Waals surface area contributed by atoms with Crippen molar-refractivity contribution in [3.63, 3.8) is 0 Å². The zero-order valence-corrected chi connectivity index (χ0v) is 16.3. The van der Waals surface area contributed by atoms with Crippen LogP contribution in [0.3, 0.4) is 0 Å². The third-order valence-electron chi connectivity index (χ3n) is 5.05. The number of hydrogen-bond donors (Lipinski definition) is 0. The summed E-state index contributed by atoms with van der Waals surface area (Å²) in [7, 11) is -3.14. The summed E-state index contributed by atoms with van der Waals surface area (Å²) in [4.78, 5) is -0.821. The van der Waals surface area contributed by atoms with E-state index in [9.17, 15) is 21.6 Å². The minimum atomic E-state index is -4.86. The molecule has 9 heteroatoms. The van der Waals surface area contributed by atoms with Crippen molar-refractivity contribution >= 4 is 10.0 Å². The highest BCUT2D eigenvalue weighted by molar-refractivity contribution is 7.89. The van der Waals surface area contributed by atoms with Gasteiger partial charge in [0.1, 0.15) is 4.90 Å². The molecule has 29 heavy (non-hydrogen) atoms. The third kappa shape index (κ3) is 3.56. The molecule has 0 aliphatic carbocycles. The number of fused-ring (bicyclic) bond motifs is 1. The highest BCUT2D eigenvalue weighted by atomic mass is 32.2. The first-order valence-corrected chi connectivity index (χ1v) is 10.4. The Bertz CT molecular complexity index is 1140. The Labute approximate surface area is 166 Å². The molecule has 3 aromatic rings. The highest BCUT2D eigenvalue weighted by Gasteiger charge is 2.44. The summed E-state index contributed by atoms with van der Waals surface area (Å²) in [5.41, 5.74) is 1.26. The lowest BCUT2D eigenvalue weighted by Crippen LogP contribution is -2.39. The van der Waals surface area contributed by atoms with Gasteiger partial charge in [-0.05, 0) is 16.7 Å². The molecular weight excluding hydrogens is 403 g/mol. The molecule has 0 amide bonds. The van der Waals surface area contributed by atoms with Crippen LogP contribution in [0.25, 0.3) is 0 Å². The molecule has 1 aliphatic rings. The molecule has 0 saturated heterocycles. The van der Waals surface area contributed by atoms with Crippen molar-refractivity contribution in [3.05, 3.63) is 83.2 Å². The smallest absolute Gasteiger partial charge is 0.274 e. The van der Waals surface area contributed by atoms with Crippen molar-refractivity contribution in [2.75, 3.05) is 6.54 Å². The van der Waals surface area contributed by atoms with Gasteiger partial charge in [-0.1, -0.05) is 54.6 Å². The molecule has 0 saturated carbocycles. The van der Waals surface area contributed by atoms with Gasteiger partial charge in [0, 0.05) is 32.3 Å². The first-order valence-electron chi connectivity index (χ1n) is 8.91. The predicted molar refractivity (Wildman–Crippen MR) is 101 cm³/mol. The van der Waals surface area contributed by atoms with Gasteiger partial charge < -0.3 is 0 Å². The maximum atomic E-state index is 13.4. The summed E-state index contributed by atoms with van der Waals surface area (Å²) in [6.07, 6.45) is -3.95. The number of rotatable bonds is 3. The Morgan fingerprint density at radius 3 is 2.38 bits per heavy atom. The molecule has 1 atom stereocenters. The average Bonchev–Trinajstić information content (AvgIpc) is 3.11. The SMILES string of the molecule is Cn1cc(S(=O)(=O)N2Cc3ccccc3C(c3ccccc3)C2)c(C(F)(F)F)n1. The lowest BCUT2D eigenvalue weighted by molar-refractivity contribution is -0.143. The van der Waals surface area contributed by atoms with E-state index in [1.165, 1.54) is 7.05 Å². The van der Waals surface area contributed by atoms with Crippen molar-refractivity contribution in [2.24, 2.45) is 7.05 Å². The normalized spacial score (nSPS) is 17.9. The summed E-state index contributed by atoms with van der Waals surface area (Å²) in [6.45, 7) is 0.0591. The quantitative estimate of drug-likeness (QED) is 0.647. The second-order valence-corrected chi connectivity index (χ2v) is 8.88. The van der Waals surface area contributed by atoms with Gasteiger partial charge in [-0.3, -0.25) is 4.68 Å². The monoisotopic (exact) mass is 421 g/mol. The molecule has 1 aromatic heterocycles. The number of halogens is 3.